The number of nitrogens with two attached hydrogens (primary N) is 1. The number of likely N-dealkylation sites (tertiary alicyclic amines) is 1. The summed E-state index contributed by atoms with van der Waals surface area (Å²) in [7, 11) is 4.38. The summed E-state index contributed by atoms with van der Waals surface area (Å²) in [6.07, 6.45) is 0. The number of rotatable bonds is 3. The average molecular weight is 169 g/mol. The van der Waals surface area contributed by atoms with Crippen LogP contribution in [0.3, 0.4) is 0 Å². The second-order valence-electron chi connectivity index (χ2n) is 4.33. The van der Waals surface area contributed by atoms with Crippen molar-refractivity contribution < 1.29 is 0 Å². The van der Waals surface area contributed by atoms with E-state index in [0.29, 0.717) is 0 Å². The van der Waals surface area contributed by atoms with Gasteiger partial charge >= 0.3 is 0 Å². The summed E-state index contributed by atoms with van der Waals surface area (Å²) in [4.78, 5) is 4.87. The van der Waals surface area contributed by atoms with E-state index >= 15 is 0 Å². The predicted molar refractivity (Wildman–Crippen MR) is 49.9 cm³/mol. The summed E-state index contributed by atoms with van der Waals surface area (Å²) in [5.74, 6) is 1.90. The van der Waals surface area contributed by atoms with Gasteiger partial charge in [-0.05, 0) is 25.9 Å². The summed E-state index contributed by atoms with van der Waals surface area (Å²) in [5.41, 5.74) is 5.51. The summed E-state index contributed by atoms with van der Waals surface area (Å²) in [6.45, 7) is 4.47. The van der Waals surface area contributed by atoms with Gasteiger partial charge in [-0.25, -0.2) is 0 Å². The highest BCUT2D eigenvalue weighted by molar-refractivity contribution is 5.09. The van der Waals surface area contributed by atoms with Gasteiger partial charge in [-0.15, -0.1) is 0 Å². The van der Waals surface area contributed by atoms with E-state index in [1.807, 2.05) is 0 Å². The summed E-state index contributed by atoms with van der Waals surface area (Å²) >= 11 is 0. The van der Waals surface area contributed by atoms with Gasteiger partial charge in [0.25, 0.3) is 0 Å². The minimum Gasteiger partial charge on any atom is -0.329 e. The van der Waals surface area contributed by atoms with E-state index in [-0.39, 0.29) is 0 Å². The Morgan fingerprint density at radius 1 is 1.33 bits per heavy atom. The number of hydrogen-bond acceptors (Lipinski definition) is 3. The van der Waals surface area contributed by atoms with Crippen LogP contribution in [0, 0.1) is 11.8 Å². The lowest BCUT2D eigenvalue weighted by Crippen LogP contribution is -2.33. The fourth-order valence-corrected chi connectivity index (χ4v) is 2.71. The van der Waals surface area contributed by atoms with Gasteiger partial charge in [0.2, 0.25) is 0 Å². The van der Waals surface area contributed by atoms with Crippen LogP contribution in [0.2, 0.25) is 0 Å². The number of piperidine rings is 1. The molecule has 0 bridgehead atoms. The molecule has 2 aliphatic rings. The minimum absolute atomic E-state index is 0.812. The Morgan fingerprint density at radius 2 is 1.92 bits per heavy atom. The first-order valence-corrected chi connectivity index (χ1v) is 4.83. The highest BCUT2D eigenvalue weighted by Gasteiger charge is 2.56. The van der Waals surface area contributed by atoms with E-state index in [9.17, 15) is 0 Å². The Labute approximate surface area is 74.5 Å². The zero-order valence-corrected chi connectivity index (χ0v) is 8.03. The molecule has 0 spiro atoms. The Morgan fingerprint density at radius 3 is 2.33 bits per heavy atom. The summed E-state index contributed by atoms with van der Waals surface area (Å²) < 4.78 is 0. The summed E-state index contributed by atoms with van der Waals surface area (Å²) in [5, 5.41) is 0. The molecule has 0 radical (unpaired) electrons. The van der Waals surface area contributed by atoms with Crippen molar-refractivity contribution in [2.24, 2.45) is 17.6 Å². The number of hydrogen-bond donors (Lipinski definition) is 1. The van der Waals surface area contributed by atoms with Gasteiger partial charge in [-0.1, -0.05) is 0 Å². The fraction of sp³-hybridized carbons (Fsp3) is 1.00. The second kappa shape index (κ2) is 2.98. The molecular formula is C9H19N3. The highest BCUT2D eigenvalue weighted by atomic mass is 15.3. The van der Waals surface area contributed by atoms with Gasteiger partial charge in [0, 0.05) is 32.2 Å². The molecule has 2 unspecified atom stereocenters. The maximum atomic E-state index is 5.51. The van der Waals surface area contributed by atoms with Gasteiger partial charge in [0.15, 0.2) is 0 Å². The van der Waals surface area contributed by atoms with Crippen LogP contribution in [0.25, 0.3) is 0 Å². The largest absolute Gasteiger partial charge is 0.329 e. The molecule has 1 aliphatic carbocycles. The normalized spacial score (nSPS) is 40.5. The Balaban J connectivity index is 1.78. The van der Waals surface area contributed by atoms with Crippen molar-refractivity contribution in [2.75, 3.05) is 40.3 Å². The lowest BCUT2D eigenvalue weighted by molar-refractivity contribution is 0.254. The van der Waals surface area contributed by atoms with Crippen LogP contribution in [0.4, 0.5) is 0 Å². The van der Waals surface area contributed by atoms with E-state index in [1.165, 1.54) is 13.1 Å². The third-order valence-corrected chi connectivity index (χ3v) is 3.27. The van der Waals surface area contributed by atoms with Crippen LogP contribution in [-0.2, 0) is 0 Å². The zero-order valence-electron chi connectivity index (χ0n) is 8.03. The number of fused-ring (bicyclic) bond motifs is 1. The van der Waals surface area contributed by atoms with Crippen molar-refractivity contribution in [2.45, 2.75) is 6.04 Å². The lowest BCUT2D eigenvalue weighted by Gasteiger charge is -2.20. The van der Waals surface area contributed by atoms with Crippen molar-refractivity contribution in [3.8, 4) is 0 Å². The van der Waals surface area contributed by atoms with Crippen LogP contribution < -0.4 is 5.73 Å². The topological polar surface area (TPSA) is 32.5 Å². The molecular weight excluding hydrogens is 150 g/mol. The third-order valence-electron chi connectivity index (χ3n) is 3.27. The zero-order chi connectivity index (χ0) is 8.72. The van der Waals surface area contributed by atoms with E-state index in [2.05, 4.69) is 23.9 Å². The molecule has 3 heteroatoms. The monoisotopic (exact) mass is 169 g/mol. The highest BCUT2D eigenvalue weighted by Crippen LogP contribution is 2.47. The van der Waals surface area contributed by atoms with E-state index < -0.39 is 0 Å². The quantitative estimate of drug-likeness (QED) is 0.614. The average Bonchev–Trinajstić information content (AvgIpc) is 2.51. The van der Waals surface area contributed by atoms with Crippen LogP contribution in [0.1, 0.15) is 0 Å². The van der Waals surface area contributed by atoms with Crippen molar-refractivity contribution in [3.05, 3.63) is 0 Å². The smallest absolute Gasteiger partial charge is 0.0177 e. The van der Waals surface area contributed by atoms with E-state index in [1.54, 1.807) is 0 Å². The molecule has 1 saturated heterocycles. The molecule has 2 rings (SSSR count). The SMILES string of the molecule is CN(C)C1C2CN(CCN)CC21. The van der Waals surface area contributed by atoms with Crippen molar-refractivity contribution >= 4 is 0 Å². The van der Waals surface area contributed by atoms with Crippen LogP contribution >= 0.6 is 0 Å². The van der Waals surface area contributed by atoms with Crippen LogP contribution in [0.15, 0.2) is 0 Å². The Hall–Kier alpha value is -0.120. The van der Waals surface area contributed by atoms with Crippen LogP contribution in [-0.4, -0.2) is 56.1 Å². The maximum Gasteiger partial charge on any atom is 0.0177 e. The van der Waals surface area contributed by atoms with Gasteiger partial charge < -0.3 is 15.5 Å². The fourth-order valence-electron chi connectivity index (χ4n) is 2.71. The molecule has 1 aliphatic heterocycles. The standard InChI is InChI=1S/C9H19N3/c1-11(2)9-7-5-12(4-3-10)6-8(7)9/h7-9H,3-6,10H2,1-2H3. The van der Waals surface area contributed by atoms with E-state index in [0.717, 1.165) is 31.0 Å². The molecule has 12 heavy (non-hydrogen) atoms. The van der Waals surface area contributed by atoms with Crippen molar-refractivity contribution in [1.82, 2.24) is 9.80 Å². The molecule has 0 aromatic rings. The first-order valence-electron chi connectivity index (χ1n) is 4.83. The molecule has 0 aromatic heterocycles. The third kappa shape index (κ3) is 1.26. The molecule has 1 saturated carbocycles. The minimum atomic E-state index is 0.812. The molecule has 2 fully saturated rings. The molecule has 1 heterocycles. The Kier molecular flexibility index (Phi) is 2.10. The molecule has 70 valence electrons. The molecule has 0 aromatic carbocycles. The molecule has 0 amide bonds. The Bertz CT molecular complexity index is 157. The van der Waals surface area contributed by atoms with Gasteiger partial charge in [0.1, 0.15) is 0 Å². The molecule has 3 nitrogen and oxygen atoms in total. The van der Waals surface area contributed by atoms with Gasteiger partial charge in [-0.2, -0.15) is 0 Å². The van der Waals surface area contributed by atoms with Gasteiger partial charge in [0.05, 0.1) is 0 Å². The van der Waals surface area contributed by atoms with Crippen molar-refractivity contribution in [1.29, 1.82) is 0 Å². The number of nitrogens with zero attached hydrogens (tertiary/aromatic N) is 2. The second-order valence-corrected chi connectivity index (χ2v) is 4.33. The maximum absolute atomic E-state index is 5.51. The lowest BCUT2D eigenvalue weighted by atomic mass is 10.3. The first-order chi connectivity index (χ1) is 5.74. The van der Waals surface area contributed by atoms with Crippen molar-refractivity contribution in [3.63, 3.8) is 0 Å². The first kappa shape index (κ1) is 8.48. The van der Waals surface area contributed by atoms with Gasteiger partial charge in [-0.3, -0.25) is 0 Å². The summed E-state index contributed by atoms with van der Waals surface area (Å²) in [6, 6.07) is 0.874. The van der Waals surface area contributed by atoms with E-state index in [4.69, 9.17) is 5.73 Å². The predicted octanol–water partition coefficient (Wildman–Crippen LogP) is -0.563. The molecule has 2 atom stereocenters. The van der Waals surface area contributed by atoms with Crippen LogP contribution in [0.5, 0.6) is 0 Å². The molecule has 2 N–H and O–H groups in total.